The van der Waals surface area contributed by atoms with Crippen molar-refractivity contribution in [2.24, 2.45) is 0 Å². The molecule has 0 aliphatic heterocycles. The van der Waals surface area contributed by atoms with Gasteiger partial charge in [0.25, 0.3) is 0 Å². The summed E-state index contributed by atoms with van der Waals surface area (Å²) in [6.45, 7) is 0. The lowest BCUT2D eigenvalue weighted by Crippen LogP contribution is -2.25. The molecule has 0 aromatic carbocycles. The second kappa shape index (κ2) is 4.68. The van der Waals surface area contributed by atoms with E-state index >= 15 is 0 Å². The summed E-state index contributed by atoms with van der Waals surface area (Å²) in [4.78, 5) is 11.9. The maximum atomic E-state index is 11.9. The number of hydrogen-bond acceptors (Lipinski definition) is 4. The predicted molar refractivity (Wildman–Crippen MR) is 63.0 cm³/mol. The summed E-state index contributed by atoms with van der Waals surface area (Å²) >= 11 is 0. The maximum Gasteiger partial charge on any atom is 0.341 e. The monoisotopic (exact) mass is 246 g/mol. The van der Waals surface area contributed by atoms with Crippen LogP contribution in [0.15, 0.2) is 41.5 Å². The van der Waals surface area contributed by atoms with E-state index in [4.69, 9.17) is 9.15 Å². The first kappa shape index (κ1) is 11.1. The Morgan fingerprint density at radius 2 is 2.44 bits per heavy atom. The van der Waals surface area contributed by atoms with Gasteiger partial charge >= 0.3 is 5.97 Å². The number of carbonyl (C=O) groups excluding carboxylic acids is 1. The lowest BCUT2D eigenvalue weighted by atomic mass is 10.2. The van der Waals surface area contributed by atoms with Crippen LogP contribution < -0.4 is 0 Å². The molecule has 0 amide bonds. The quantitative estimate of drug-likeness (QED) is 0.780. The standard InChI is InChI=1S/C13H14N2O3/c16-13(10-5-8-17-9-10)18-12-4-1-3-11(12)15-7-2-6-14-15/h2,5-9,11-12H,1,3-4H2/t11-,12-/m1/s1. The minimum Gasteiger partial charge on any atom is -0.472 e. The van der Waals surface area contributed by atoms with Crippen LogP contribution in [0, 0.1) is 0 Å². The number of furan rings is 1. The Balaban J connectivity index is 1.70. The van der Waals surface area contributed by atoms with Crippen molar-refractivity contribution in [1.82, 2.24) is 9.78 Å². The molecule has 5 nitrogen and oxygen atoms in total. The highest BCUT2D eigenvalue weighted by Gasteiger charge is 2.32. The summed E-state index contributed by atoms with van der Waals surface area (Å²) in [7, 11) is 0. The number of carbonyl (C=O) groups is 1. The van der Waals surface area contributed by atoms with E-state index in [1.807, 2.05) is 16.9 Å². The number of aromatic nitrogens is 2. The zero-order chi connectivity index (χ0) is 12.4. The van der Waals surface area contributed by atoms with Gasteiger partial charge < -0.3 is 9.15 Å². The van der Waals surface area contributed by atoms with Gasteiger partial charge in [0.15, 0.2) is 0 Å². The molecule has 0 bridgehead atoms. The third-order valence-corrected chi connectivity index (χ3v) is 3.30. The van der Waals surface area contributed by atoms with E-state index in [2.05, 4.69) is 5.10 Å². The fraction of sp³-hybridized carbons (Fsp3) is 0.385. The van der Waals surface area contributed by atoms with Gasteiger partial charge in [-0.15, -0.1) is 0 Å². The molecule has 0 spiro atoms. The molecule has 2 atom stereocenters. The largest absolute Gasteiger partial charge is 0.472 e. The Hall–Kier alpha value is -2.04. The molecule has 5 heteroatoms. The Labute approximate surface area is 104 Å². The highest BCUT2D eigenvalue weighted by molar-refractivity contribution is 5.89. The minimum absolute atomic E-state index is 0.104. The molecule has 0 unspecified atom stereocenters. The fourth-order valence-electron chi connectivity index (χ4n) is 2.41. The van der Waals surface area contributed by atoms with Crippen molar-refractivity contribution in [2.45, 2.75) is 31.4 Å². The van der Waals surface area contributed by atoms with Crippen molar-refractivity contribution >= 4 is 5.97 Å². The van der Waals surface area contributed by atoms with Gasteiger partial charge in [-0.3, -0.25) is 4.68 Å². The van der Waals surface area contributed by atoms with Crippen molar-refractivity contribution in [2.75, 3.05) is 0 Å². The maximum absolute atomic E-state index is 11.9. The summed E-state index contributed by atoms with van der Waals surface area (Å²) in [6, 6.07) is 3.64. The number of rotatable bonds is 3. The molecule has 94 valence electrons. The summed E-state index contributed by atoms with van der Waals surface area (Å²) < 4.78 is 12.3. The molecular weight excluding hydrogens is 232 g/mol. The Morgan fingerprint density at radius 1 is 1.50 bits per heavy atom. The minimum atomic E-state index is -0.326. The number of esters is 1. The van der Waals surface area contributed by atoms with Crippen molar-refractivity contribution in [3.63, 3.8) is 0 Å². The first-order chi connectivity index (χ1) is 8.84. The number of hydrogen-bond donors (Lipinski definition) is 0. The molecule has 18 heavy (non-hydrogen) atoms. The van der Waals surface area contributed by atoms with Crippen LogP contribution in [-0.2, 0) is 4.74 Å². The Morgan fingerprint density at radius 3 is 3.17 bits per heavy atom. The number of nitrogens with zero attached hydrogens (tertiary/aromatic N) is 2. The molecule has 1 saturated carbocycles. The van der Waals surface area contributed by atoms with Crippen LogP contribution >= 0.6 is 0 Å². The summed E-state index contributed by atoms with van der Waals surface area (Å²) in [5.41, 5.74) is 0.459. The molecule has 3 rings (SSSR count). The van der Waals surface area contributed by atoms with Crippen LogP contribution in [0.5, 0.6) is 0 Å². The van der Waals surface area contributed by atoms with Gasteiger partial charge in [0.2, 0.25) is 0 Å². The fourth-order valence-corrected chi connectivity index (χ4v) is 2.41. The van der Waals surface area contributed by atoms with Gasteiger partial charge in [-0.25, -0.2) is 4.79 Å². The summed E-state index contributed by atoms with van der Waals surface area (Å²) in [5, 5.41) is 4.23. The zero-order valence-electron chi connectivity index (χ0n) is 9.86. The van der Waals surface area contributed by atoms with Gasteiger partial charge in [-0.05, 0) is 31.4 Å². The van der Waals surface area contributed by atoms with Gasteiger partial charge in [-0.1, -0.05) is 0 Å². The van der Waals surface area contributed by atoms with E-state index in [1.54, 1.807) is 12.3 Å². The molecule has 1 aliphatic carbocycles. The normalized spacial score (nSPS) is 23.1. The van der Waals surface area contributed by atoms with Crippen LogP contribution in [-0.4, -0.2) is 21.9 Å². The first-order valence-corrected chi connectivity index (χ1v) is 6.07. The van der Waals surface area contributed by atoms with Gasteiger partial charge in [-0.2, -0.15) is 5.10 Å². The van der Waals surface area contributed by atoms with E-state index in [1.165, 1.54) is 12.5 Å². The van der Waals surface area contributed by atoms with E-state index < -0.39 is 0 Å². The van der Waals surface area contributed by atoms with Crippen molar-refractivity contribution < 1.29 is 13.9 Å². The topological polar surface area (TPSA) is 57.3 Å². The van der Waals surface area contributed by atoms with Crippen LogP contribution in [0.2, 0.25) is 0 Å². The van der Waals surface area contributed by atoms with Gasteiger partial charge in [0.05, 0.1) is 17.9 Å². The molecular formula is C13H14N2O3. The first-order valence-electron chi connectivity index (χ1n) is 6.07. The smallest absolute Gasteiger partial charge is 0.341 e. The summed E-state index contributed by atoms with van der Waals surface area (Å²) in [6.07, 6.45) is 9.35. The molecule has 2 aromatic heterocycles. The number of ether oxygens (including phenoxy) is 1. The molecule has 2 heterocycles. The highest BCUT2D eigenvalue weighted by atomic mass is 16.5. The third-order valence-electron chi connectivity index (χ3n) is 3.30. The molecule has 0 radical (unpaired) electrons. The molecule has 0 N–H and O–H groups in total. The van der Waals surface area contributed by atoms with E-state index in [-0.39, 0.29) is 18.1 Å². The van der Waals surface area contributed by atoms with Crippen molar-refractivity contribution in [3.8, 4) is 0 Å². The average molecular weight is 246 g/mol. The molecule has 0 saturated heterocycles. The lowest BCUT2D eigenvalue weighted by molar-refractivity contribution is 0.0209. The van der Waals surface area contributed by atoms with E-state index in [0.717, 1.165) is 19.3 Å². The molecule has 1 fully saturated rings. The Bertz CT molecular complexity index is 504. The second-order valence-corrected chi connectivity index (χ2v) is 4.44. The van der Waals surface area contributed by atoms with Crippen molar-refractivity contribution in [1.29, 1.82) is 0 Å². The highest BCUT2D eigenvalue weighted by Crippen LogP contribution is 2.32. The van der Waals surface area contributed by atoms with Crippen LogP contribution in [0.3, 0.4) is 0 Å². The van der Waals surface area contributed by atoms with Gasteiger partial charge in [0, 0.05) is 12.4 Å². The van der Waals surface area contributed by atoms with E-state index in [0.29, 0.717) is 5.56 Å². The third kappa shape index (κ3) is 2.03. The van der Waals surface area contributed by atoms with E-state index in [9.17, 15) is 4.79 Å². The SMILES string of the molecule is O=C(O[C@@H]1CCC[C@H]1n1cccn1)c1ccoc1. The zero-order valence-corrected chi connectivity index (χ0v) is 9.86. The average Bonchev–Trinajstić information content (AvgIpc) is 3.11. The molecule has 2 aromatic rings. The van der Waals surface area contributed by atoms with Crippen LogP contribution in [0.25, 0.3) is 0 Å². The van der Waals surface area contributed by atoms with Crippen LogP contribution in [0.1, 0.15) is 35.7 Å². The molecule has 1 aliphatic rings. The van der Waals surface area contributed by atoms with Gasteiger partial charge in [0.1, 0.15) is 12.4 Å². The van der Waals surface area contributed by atoms with Crippen molar-refractivity contribution in [3.05, 3.63) is 42.6 Å². The lowest BCUT2D eigenvalue weighted by Gasteiger charge is -2.20. The summed E-state index contributed by atoms with van der Waals surface area (Å²) in [5.74, 6) is -0.326. The second-order valence-electron chi connectivity index (χ2n) is 4.44. The Kier molecular flexibility index (Phi) is 2.88. The van der Waals surface area contributed by atoms with Crippen LogP contribution in [0.4, 0.5) is 0 Å². The predicted octanol–water partition coefficient (Wildman–Crippen LogP) is 2.43.